The Hall–Kier alpha value is -2.91. The first kappa shape index (κ1) is 20.0. The number of piperidine rings is 2. The summed E-state index contributed by atoms with van der Waals surface area (Å²) in [5, 5.41) is 9.20. The van der Waals surface area contributed by atoms with Crippen LogP contribution in [0.1, 0.15) is 43.4 Å². The fraction of sp³-hybridized carbons (Fsp3) is 0.480. The minimum atomic E-state index is 0.0607. The molecule has 0 radical (unpaired) electrons. The summed E-state index contributed by atoms with van der Waals surface area (Å²) in [5.41, 5.74) is 3.27. The smallest absolute Gasteiger partial charge is 0.258 e. The summed E-state index contributed by atoms with van der Waals surface area (Å²) in [7, 11) is 0. The zero-order valence-corrected chi connectivity index (χ0v) is 18.0. The molecule has 2 bridgehead atoms. The number of fused-ring (bicyclic) bond motifs is 4. The van der Waals surface area contributed by atoms with Gasteiger partial charge in [-0.3, -0.25) is 14.5 Å². The lowest BCUT2D eigenvalue weighted by Gasteiger charge is -2.47. The van der Waals surface area contributed by atoms with Crippen LogP contribution in [0.3, 0.4) is 0 Å². The highest BCUT2D eigenvalue weighted by molar-refractivity contribution is 5.73. The van der Waals surface area contributed by atoms with Gasteiger partial charge in [0.1, 0.15) is 0 Å². The van der Waals surface area contributed by atoms with Crippen LogP contribution in [0.4, 0.5) is 0 Å². The molecule has 5 rings (SSSR count). The highest BCUT2D eigenvalue weighted by Gasteiger charge is 2.38. The second kappa shape index (κ2) is 7.97. The lowest BCUT2D eigenvalue weighted by atomic mass is 9.81. The normalized spacial score (nSPS) is 23.8. The van der Waals surface area contributed by atoms with Crippen molar-refractivity contribution in [3.8, 4) is 17.2 Å². The number of pyridine rings is 1. The monoisotopic (exact) mass is 416 g/mol. The topological polar surface area (TPSA) is 69.3 Å². The molecule has 0 aliphatic carbocycles. The lowest BCUT2D eigenvalue weighted by molar-refractivity contribution is -0.130. The largest absolute Gasteiger partial charge is 0.343 e. The maximum Gasteiger partial charge on any atom is 0.258 e. The van der Waals surface area contributed by atoms with Crippen LogP contribution in [0.15, 0.2) is 41.2 Å². The molecule has 6 nitrogen and oxygen atoms in total. The molecule has 0 spiro atoms. The van der Waals surface area contributed by atoms with Gasteiger partial charge in [0.25, 0.3) is 5.56 Å². The van der Waals surface area contributed by atoms with E-state index >= 15 is 0 Å². The molecule has 3 aliphatic heterocycles. The van der Waals surface area contributed by atoms with E-state index in [1.165, 1.54) is 0 Å². The molecule has 4 heterocycles. The van der Waals surface area contributed by atoms with Crippen LogP contribution in [-0.2, 0) is 11.3 Å². The van der Waals surface area contributed by atoms with Crippen molar-refractivity contribution >= 4 is 5.91 Å². The molecule has 160 valence electrons. The molecule has 31 heavy (non-hydrogen) atoms. The van der Waals surface area contributed by atoms with Crippen molar-refractivity contribution in [2.24, 2.45) is 5.92 Å². The molecule has 1 amide bonds. The maximum absolute atomic E-state index is 13.4. The van der Waals surface area contributed by atoms with Crippen LogP contribution < -0.4 is 5.56 Å². The number of rotatable bonds is 2. The summed E-state index contributed by atoms with van der Waals surface area (Å²) >= 11 is 0. The van der Waals surface area contributed by atoms with Crippen LogP contribution >= 0.6 is 0 Å². The molecular weight excluding hydrogens is 388 g/mol. The Labute approximate surface area is 182 Å². The van der Waals surface area contributed by atoms with Crippen LogP contribution in [0.5, 0.6) is 0 Å². The second-order valence-corrected chi connectivity index (χ2v) is 9.27. The van der Waals surface area contributed by atoms with Crippen LogP contribution in [0.2, 0.25) is 0 Å². The maximum atomic E-state index is 13.4. The Kier molecular flexibility index (Phi) is 5.15. The van der Waals surface area contributed by atoms with Gasteiger partial charge in [0, 0.05) is 62.9 Å². The number of nitriles is 1. The first-order valence-electron chi connectivity index (χ1n) is 11.3. The highest BCUT2D eigenvalue weighted by atomic mass is 16.2. The summed E-state index contributed by atoms with van der Waals surface area (Å²) in [5.74, 6) is 1.04. The van der Waals surface area contributed by atoms with Crippen molar-refractivity contribution in [2.45, 2.75) is 44.7 Å². The number of carbonyl (C=O) groups excluding carboxylic acids is 1. The Balaban J connectivity index is 1.38. The third-order valence-electron chi connectivity index (χ3n) is 7.36. The van der Waals surface area contributed by atoms with Gasteiger partial charge >= 0.3 is 0 Å². The molecule has 0 unspecified atom stereocenters. The Bertz CT molecular complexity index is 1110. The van der Waals surface area contributed by atoms with E-state index in [-0.39, 0.29) is 11.5 Å². The number of aromatic nitrogens is 1. The van der Waals surface area contributed by atoms with Gasteiger partial charge in [0.05, 0.1) is 11.6 Å². The molecule has 2 atom stereocenters. The van der Waals surface area contributed by atoms with Gasteiger partial charge in [0.2, 0.25) is 5.91 Å². The van der Waals surface area contributed by atoms with Crippen molar-refractivity contribution in [3.63, 3.8) is 0 Å². The minimum Gasteiger partial charge on any atom is -0.343 e. The number of amides is 1. The average Bonchev–Trinajstić information content (AvgIpc) is 2.80. The van der Waals surface area contributed by atoms with E-state index in [1.54, 1.807) is 19.1 Å². The molecule has 1 aromatic carbocycles. The van der Waals surface area contributed by atoms with E-state index in [9.17, 15) is 14.9 Å². The van der Waals surface area contributed by atoms with E-state index in [1.807, 2.05) is 27.7 Å². The summed E-state index contributed by atoms with van der Waals surface area (Å²) in [6.07, 6.45) is 3.23. The van der Waals surface area contributed by atoms with Gasteiger partial charge in [-0.2, -0.15) is 5.26 Å². The molecule has 0 N–H and O–H groups in total. The van der Waals surface area contributed by atoms with Gasteiger partial charge in [-0.05, 0) is 55.0 Å². The quantitative estimate of drug-likeness (QED) is 0.755. The predicted octanol–water partition coefficient (Wildman–Crippen LogP) is 2.82. The highest BCUT2D eigenvalue weighted by Crippen LogP contribution is 2.37. The second-order valence-electron chi connectivity index (χ2n) is 9.27. The van der Waals surface area contributed by atoms with Crippen molar-refractivity contribution in [3.05, 3.63) is 58.0 Å². The zero-order chi connectivity index (χ0) is 21.5. The molecule has 1 aromatic heterocycles. The van der Waals surface area contributed by atoms with Gasteiger partial charge in [0.15, 0.2) is 0 Å². The average molecular weight is 417 g/mol. The van der Waals surface area contributed by atoms with Crippen molar-refractivity contribution in [1.29, 1.82) is 5.26 Å². The third-order valence-corrected chi connectivity index (χ3v) is 7.36. The Morgan fingerprint density at radius 2 is 1.90 bits per heavy atom. The summed E-state index contributed by atoms with van der Waals surface area (Å²) in [4.78, 5) is 29.6. The Morgan fingerprint density at radius 1 is 1.10 bits per heavy atom. The molecule has 2 aromatic rings. The van der Waals surface area contributed by atoms with E-state index in [4.69, 9.17) is 0 Å². The number of nitrogens with zero attached hydrogens (tertiary/aromatic N) is 4. The lowest BCUT2D eigenvalue weighted by Crippen LogP contribution is -2.53. The fourth-order valence-corrected chi connectivity index (χ4v) is 5.80. The van der Waals surface area contributed by atoms with Gasteiger partial charge in [-0.25, -0.2) is 0 Å². The minimum absolute atomic E-state index is 0.0607. The number of carbonyl (C=O) groups is 1. The summed E-state index contributed by atoms with van der Waals surface area (Å²) < 4.78 is 1.99. The summed E-state index contributed by atoms with van der Waals surface area (Å²) in [6.45, 7) is 6.15. The fourth-order valence-electron chi connectivity index (χ4n) is 5.80. The SMILES string of the molecule is CC(=O)N1CCC(N2C[C@@H]3C[C@H](C2)c2ccc(-c4cccc(C#N)c4)c(=O)n2C3)CC1. The number of likely N-dealkylation sites (tertiary alicyclic amines) is 2. The molecule has 2 fully saturated rings. The number of hydrogen-bond donors (Lipinski definition) is 0. The number of hydrogen-bond acceptors (Lipinski definition) is 4. The van der Waals surface area contributed by atoms with E-state index in [0.29, 0.717) is 29.0 Å². The summed E-state index contributed by atoms with van der Waals surface area (Å²) in [6, 6.07) is 14.1. The molecular formula is C25H28N4O2. The van der Waals surface area contributed by atoms with Crippen molar-refractivity contribution < 1.29 is 4.79 Å². The molecule has 3 aliphatic rings. The van der Waals surface area contributed by atoms with Crippen LogP contribution in [0, 0.1) is 17.2 Å². The zero-order valence-electron chi connectivity index (χ0n) is 18.0. The van der Waals surface area contributed by atoms with Crippen molar-refractivity contribution in [1.82, 2.24) is 14.4 Å². The first-order chi connectivity index (χ1) is 15.0. The van der Waals surface area contributed by atoms with Gasteiger partial charge < -0.3 is 9.47 Å². The van der Waals surface area contributed by atoms with Gasteiger partial charge in [-0.1, -0.05) is 12.1 Å². The van der Waals surface area contributed by atoms with Crippen molar-refractivity contribution in [2.75, 3.05) is 26.2 Å². The Morgan fingerprint density at radius 3 is 2.65 bits per heavy atom. The predicted molar refractivity (Wildman–Crippen MR) is 119 cm³/mol. The van der Waals surface area contributed by atoms with E-state index < -0.39 is 0 Å². The molecule has 6 heteroatoms. The van der Waals surface area contributed by atoms with Crippen LogP contribution in [0.25, 0.3) is 11.1 Å². The van der Waals surface area contributed by atoms with E-state index in [2.05, 4.69) is 17.0 Å². The molecule has 2 saturated heterocycles. The third kappa shape index (κ3) is 3.68. The van der Waals surface area contributed by atoms with Gasteiger partial charge in [-0.15, -0.1) is 0 Å². The standard InChI is InChI=1S/C25H28N4O2/c1-17(30)27-9-7-22(8-10-27)28-14-19-12-21(16-28)24-6-5-23(25(31)29(24)15-19)20-4-2-3-18(11-20)13-26/h2-6,11,19,21-22H,7-10,12,14-16H2,1H3/t19-,21+/m0/s1. The molecule has 0 saturated carbocycles. The van der Waals surface area contributed by atoms with E-state index in [0.717, 1.165) is 63.2 Å². The van der Waals surface area contributed by atoms with Crippen LogP contribution in [-0.4, -0.2) is 52.5 Å². The first-order valence-corrected chi connectivity index (χ1v) is 11.3. The number of benzene rings is 1.